The normalized spacial score (nSPS) is 11.8. The zero-order valence-electron chi connectivity index (χ0n) is 16.0. The second-order valence-corrected chi connectivity index (χ2v) is 6.35. The summed E-state index contributed by atoms with van der Waals surface area (Å²) in [6.45, 7) is 1.93. The van der Waals surface area contributed by atoms with E-state index in [9.17, 15) is 19.7 Å². The third-order valence-corrected chi connectivity index (χ3v) is 4.07. The van der Waals surface area contributed by atoms with Gasteiger partial charge in [-0.25, -0.2) is 4.79 Å². The molecule has 0 aliphatic heterocycles. The van der Waals surface area contributed by atoms with Gasteiger partial charge in [-0.15, -0.1) is 0 Å². The number of hydrogen-bond acceptors (Lipinski definition) is 6. The van der Waals surface area contributed by atoms with Gasteiger partial charge in [0.15, 0.2) is 0 Å². The fourth-order valence-electron chi connectivity index (χ4n) is 2.58. The lowest BCUT2D eigenvalue weighted by Crippen LogP contribution is -2.25. The molecule has 0 fully saturated rings. The van der Waals surface area contributed by atoms with E-state index in [1.165, 1.54) is 18.2 Å². The van der Waals surface area contributed by atoms with Crippen LogP contribution in [0.4, 0.5) is 11.6 Å². The van der Waals surface area contributed by atoms with Crippen molar-refractivity contribution in [2.75, 3.05) is 5.32 Å². The lowest BCUT2D eigenvalue weighted by molar-refractivity contribution is -0.402. The van der Waals surface area contributed by atoms with Crippen molar-refractivity contribution in [3.8, 4) is 0 Å². The number of amides is 1. The number of benzene rings is 2. The maximum atomic E-state index is 12.8. The lowest BCUT2D eigenvalue weighted by Gasteiger charge is -2.17. The van der Waals surface area contributed by atoms with Crippen molar-refractivity contribution >= 4 is 29.5 Å². The predicted octanol–water partition coefficient (Wildman–Crippen LogP) is 4.43. The number of carbonyl (C=O) groups is 2. The smallest absolute Gasteiger partial charge is 0.433 e. The zero-order chi connectivity index (χ0) is 21.5. The summed E-state index contributed by atoms with van der Waals surface area (Å²) in [5.74, 6) is -1.65. The van der Waals surface area contributed by atoms with E-state index < -0.39 is 28.8 Å². The molecule has 3 rings (SSSR count). The molecule has 0 bridgehead atoms. The summed E-state index contributed by atoms with van der Waals surface area (Å²) in [7, 11) is 0. The second kappa shape index (κ2) is 9.33. The van der Waals surface area contributed by atoms with Crippen LogP contribution in [0.1, 0.15) is 23.0 Å². The van der Waals surface area contributed by atoms with Gasteiger partial charge >= 0.3 is 11.9 Å². The minimum absolute atomic E-state index is 0.110. The van der Waals surface area contributed by atoms with Crippen molar-refractivity contribution in [2.24, 2.45) is 0 Å². The molecule has 8 heteroatoms. The molecule has 0 saturated carbocycles. The minimum Gasteiger partial charge on any atom is -0.444 e. The average Bonchev–Trinajstić information content (AvgIpc) is 3.22. The maximum absolute atomic E-state index is 12.8. The number of nitro groups is 1. The number of furan rings is 1. The van der Waals surface area contributed by atoms with Crippen LogP contribution < -0.4 is 5.32 Å². The number of hydrogen-bond donors (Lipinski definition) is 1. The van der Waals surface area contributed by atoms with Crippen molar-refractivity contribution in [3.63, 3.8) is 0 Å². The quantitative estimate of drug-likeness (QED) is 0.269. The molecule has 152 valence electrons. The molecule has 0 radical (unpaired) electrons. The van der Waals surface area contributed by atoms with Gasteiger partial charge in [-0.2, -0.15) is 0 Å². The number of rotatable bonds is 7. The van der Waals surface area contributed by atoms with Crippen molar-refractivity contribution in [3.05, 3.63) is 99.8 Å². The lowest BCUT2D eigenvalue weighted by atomic mass is 10.1. The fourth-order valence-corrected chi connectivity index (χ4v) is 2.58. The molecule has 30 heavy (non-hydrogen) atoms. The molecular weight excluding hydrogens is 388 g/mol. The molecule has 3 aromatic rings. The molecule has 0 spiro atoms. The van der Waals surface area contributed by atoms with Crippen LogP contribution in [0.3, 0.4) is 0 Å². The summed E-state index contributed by atoms with van der Waals surface area (Å²) < 4.78 is 10.3. The molecule has 1 heterocycles. The first kappa shape index (κ1) is 20.5. The molecule has 0 saturated heterocycles. The van der Waals surface area contributed by atoms with Crippen molar-refractivity contribution in [1.82, 2.24) is 0 Å². The van der Waals surface area contributed by atoms with Crippen LogP contribution in [0.15, 0.2) is 77.2 Å². The number of ether oxygens (including phenoxy) is 1. The topological polar surface area (TPSA) is 112 Å². The highest BCUT2D eigenvalue weighted by Crippen LogP contribution is 2.21. The maximum Gasteiger partial charge on any atom is 0.433 e. The number of carbonyl (C=O) groups excluding carboxylic acids is 2. The summed E-state index contributed by atoms with van der Waals surface area (Å²) in [5.41, 5.74) is 2.11. The number of esters is 1. The van der Waals surface area contributed by atoms with Gasteiger partial charge in [-0.1, -0.05) is 48.0 Å². The first-order valence-electron chi connectivity index (χ1n) is 8.98. The van der Waals surface area contributed by atoms with E-state index in [4.69, 9.17) is 9.15 Å². The number of nitrogens with zero attached hydrogens (tertiary/aromatic N) is 1. The summed E-state index contributed by atoms with van der Waals surface area (Å²) in [5, 5.41) is 13.4. The molecule has 1 amide bonds. The zero-order valence-corrected chi connectivity index (χ0v) is 16.0. The highest BCUT2D eigenvalue weighted by Gasteiger charge is 2.24. The van der Waals surface area contributed by atoms with Crippen LogP contribution in [0, 0.1) is 17.0 Å². The van der Waals surface area contributed by atoms with Crippen LogP contribution in [0.5, 0.6) is 0 Å². The highest BCUT2D eigenvalue weighted by molar-refractivity contribution is 5.97. The molecule has 2 aromatic carbocycles. The van der Waals surface area contributed by atoms with Crippen LogP contribution in [-0.4, -0.2) is 16.8 Å². The number of nitrogens with one attached hydrogen (secondary N) is 1. The van der Waals surface area contributed by atoms with Crippen molar-refractivity contribution in [1.29, 1.82) is 0 Å². The monoisotopic (exact) mass is 406 g/mol. The summed E-state index contributed by atoms with van der Waals surface area (Å²) >= 11 is 0. The van der Waals surface area contributed by atoms with Crippen molar-refractivity contribution < 1.29 is 23.7 Å². The Kier molecular flexibility index (Phi) is 6.39. The third kappa shape index (κ3) is 5.41. The van der Waals surface area contributed by atoms with Gasteiger partial charge in [-0.05, 0) is 31.2 Å². The Hall–Kier alpha value is -4.20. The van der Waals surface area contributed by atoms with E-state index in [-0.39, 0.29) is 5.76 Å². The molecule has 1 atom stereocenters. The minimum atomic E-state index is -1.18. The second-order valence-electron chi connectivity index (χ2n) is 6.35. The fraction of sp³-hybridized carbons (Fsp3) is 0.0909. The third-order valence-electron chi connectivity index (χ3n) is 4.07. The Labute approximate surface area is 171 Å². The van der Waals surface area contributed by atoms with Crippen molar-refractivity contribution in [2.45, 2.75) is 13.0 Å². The summed E-state index contributed by atoms with van der Waals surface area (Å²) in [6.07, 6.45) is 1.09. The van der Waals surface area contributed by atoms with Gasteiger partial charge in [0, 0.05) is 17.3 Å². The highest BCUT2D eigenvalue weighted by atomic mass is 16.6. The predicted molar refractivity (Wildman–Crippen MR) is 109 cm³/mol. The number of anilines is 1. The molecule has 0 aliphatic rings. The van der Waals surface area contributed by atoms with Gasteiger partial charge in [0.2, 0.25) is 6.10 Å². The van der Waals surface area contributed by atoms with Gasteiger partial charge < -0.3 is 14.5 Å². The first-order chi connectivity index (χ1) is 14.4. The van der Waals surface area contributed by atoms with E-state index in [1.54, 1.807) is 42.5 Å². The standard InChI is InChI=1S/C22H18N2O6/c1-15-7-9-17(10-8-15)23-22(26)21(16-5-3-2-4-6-16)30-20(25)14-12-18-11-13-19(29-18)24(27)28/h2-14,21H,1H3,(H,23,26)/b14-12+/t21-/m1/s1. The van der Waals surface area contributed by atoms with E-state index in [0.717, 1.165) is 11.6 Å². The van der Waals surface area contributed by atoms with E-state index in [2.05, 4.69) is 5.32 Å². The van der Waals surface area contributed by atoms with Gasteiger partial charge in [0.1, 0.15) is 10.7 Å². The van der Waals surface area contributed by atoms with E-state index >= 15 is 0 Å². The molecule has 8 nitrogen and oxygen atoms in total. The Morgan fingerprint density at radius 2 is 1.77 bits per heavy atom. The van der Waals surface area contributed by atoms with Gasteiger partial charge in [-0.3, -0.25) is 14.9 Å². The van der Waals surface area contributed by atoms with Gasteiger partial charge in [0.05, 0.1) is 6.07 Å². The van der Waals surface area contributed by atoms with Crippen LogP contribution >= 0.6 is 0 Å². The Morgan fingerprint density at radius 3 is 2.40 bits per heavy atom. The largest absolute Gasteiger partial charge is 0.444 e. The molecule has 0 aliphatic carbocycles. The Balaban J connectivity index is 1.74. The van der Waals surface area contributed by atoms with Gasteiger partial charge in [0.25, 0.3) is 5.91 Å². The van der Waals surface area contributed by atoms with Crippen LogP contribution in [0.2, 0.25) is 0 Å². The summed E-state index contributed by atoms with van der Waals surface area (Å²) in [6, 6.07) is 18.3. The Morgan fingerprint density at radius 1 is 1.07 bits per heavy atom. The van der Waals surface area contributed by atoms with Crippen LogP contribution in [0.25, 0.3) is 6.08 Å². The molecule has 1 N–H and O–H groups in total. The Bertz CT molecular complexity index is 1070. The van der Waals surface area contributed by atoms with E-state index in [1.807, 2.05) is 19.1 Å². The first-order valence-corrected chi connectivity index (χ1v) is 8.98. The molecule has 0 unspecified atom stereocenters. The van der Waals surface area contributed by atoms with E-state index in [0.29, 0.717) is 11.3 Å². The summed E-state index contributed by atoms with van der Waals surface area (Å²) in [4.78, 5) is 35.0. The SMILES string of the molecule is Cc1ccc(NC(=O)[C@H](OC(=O)/C=C/c2ccc([N+](=O)[O-])o2)c2ccccc2)cc1. The molecular formula is C22H18N2O6. The van der Waals surface area contributed by atoms with Crippen LogP contribution in [-0.2, 0) is 14.3 Å². The molecule has 1 aromatic heterocycles. The average molecular weight is 406 g/mol. The number of aryl methyl sites for hydroxylation is 1.